The number of amides is 1. The van der Waals surface area contributed by atoms with Crippen molar-refractivity contribution in [3.8, 4) is 0 Å². The molecule has 1 aliphatic rings. The zero-order valence-electron chi connectivity index (χ0n) is 9.11. The van der Waals surface area contributed by atoms with Crippen molar-refractivity contribution in [3.05, 3.63) is 23.0 Å². The zero-order chi connectivity index (χ0) is 11.7. The van der Waals surface area contributed by atoms with Gasteiger partial charge in [0.1, 0.15) is 5.69 Å². The summed E-state index contributed by atoms with van der Waals surface area (Å²) in [6.45, 7) is 0.624. The van der Waals surface area contributed by atoms with Gasteiger partial charge in [-0.25, -0.2) is 0 Å². The number of rotatable bonds is 3. The van der Waals surface area contributed by atoms with Crippen LogP contribution in [0.3, 0.4) is 0 Å². The largest absolute Gasteiger partial charge is 0.393 e. The maximum atomic E-state index is 11.8. The molecule has 0 unspecified atom stereocenters. The van der Waals surface area contributed by atoms with Crippen LogP contribution >= 0.6 is 11.6 Å². The quantitative estimate of drug-likeness (QED) is 0.836. The minimum Gasteiger partial charge on any atom is -0.393 e. The Hall–Kier alpha value is -1.00. The lowest BCUT2D eigenvalue weighted by Gasteiger charge is -2.31. The molecule has 0 saturated heterocycles. The van der Waals surface area contributed by atoms with Crippen molar-refractivity contribution < 1.29 is 9.90 Å². The molecule has 0 bridgehead atoms. The number of halogens is 1. The van der Waals surface area contributed by atoms with E-state index in [1.165, 1.54) is 0 Å². The van der Waals surface area contributed by atoms with E-state index in [-0.39, 0.29) is 12.0 Å². The molecule has 1 heterocycles. The highest BCUT2D eigenvalue weighted by Crippen LogP contribution is 2.26. The molecule has 1 amide bonds. The van der Waals surface area contributed by atoms with E-state index in [1.807, 2.05) is 0 Å². The molecule has 1 aliphatic carbocycles. The van der Waals surface area contributed by atoms with Crippen molar-refractivity contribution in [3.63, 3.8) is 0 Å². The van der Waals surface area contributed by atoms with Crippen molar-refractivity contribution >= 4 is 17.5 Å². The van der Waals surface area contributed by atoms with E-state index in [9.17, 15) is 4.79 Å². The van der Waals surface area contributed by atoms with E-state index >= 15 is 0 Å². The Morgan fingerprint density at radius 3 is 2.88 bits per heavy atom. The molecule has 0 aliphatic heterocycles. The number of hydrogen-bond donors (Lipinski definition) is 2. The van der Waals surface area contributed by atoms with Crippen LogP contribution in [0.5, 0.6) is 0 Å². The summed E-state index contributed by atoms with van der Waals surface area (Å²) in [6.07, 6.45) is 3.10. The number of aromatic nitrogens is 1. The second-order valence-electron chi connectivity index (χ2n) is 4.36. The molecule has 88 valence electrons. The maximum Gasteiger partial charge on any atom is 0.267 e. The monoisotopic (exact) mass is 242 g/mol. The van der Waals surface area contributed by atoms with E-state index < -0.39 is 0 Å². The lowest BCUT2D eigenvalue weighted by molar-refractivity contribution is 0.0419. The fourth-order valence-corrected chi connectivity index (χ4v) is 2.19. The topological polar surface area (TPSA) is 54.3 Å². The SMILES string of the molecule is Cn1cc(Cl)cc1C(=O)NCC1CC(O)C1. The summed E-state index contributed by atoms with van der Waals surface area (Å²) in [5.74, 6) is 0.297. The summed E-state index contributed by atoms with van der Waals surface area (Å²) in [4.78, 5) is 11.8. The average Bonchev–Trinajstić information content (AvgIpc) is 2.50. The molecule has 0 atom stereocenters. The van der Waals surface area contributed by atoms with Gasteiger partial charge in [-0.3, -0.25) is 4.79 Å². The van der Waals surface area contributed by atoms with Gasteiger partial charge in [0, 0.05) is 19.8 Å². The molecular weight excluding hydrogens is 228 g/mol. The van der Waals surface area contributed by atoms with E-state index in [0.717, 1.165) is 12.8 Å². The van der Waals surface area contributed by atoms with Gasteiger partial charge in [-0.05, 0) is 24.8 Å². The van der Waals surface area contributed by atoms with Crippen LogP contribution in [-0.2, 0) is 7.05 Å². The Balaban J connectivity index is 1.86. The molecule has 1 aromatic rings. The highest BCUT2D eigenvalue weighted by atomic mass is 35.5. The molecule has 1 saturated carbocycles. The molecule has 1 aromatic heterocycles. The zero-order valence-corrected chi connectivity index (χ0v) is 9.87. The van der Waals surface area contributed by atoms with Gasteiger partial charge in [-0.2, -0.15) is 0 Å². The van der Waals surface area contributed by atoms with Crippen LogP contribution in [0.25, 0.3) is 0 Å². The smallest absolute Gasteiger partial charge is 0.267 e. The van der Waals surface area contributed by atoms with Crippen LogP contribution in [0.15, 0.2) is 12.3 Å². The van der Waals surface area contributed by atoms with E-state index in [2.05, 4.69) is 5.32 Å². The van der Waals surface area contributed by atoms with Crippen LogP contribution < -0.4 is 5.32 Å². The van der Waals surface area contributed by atoms with Gasteiger partial charge >= 0.3 is 0 Å². The lowest BCUT2D eigenvalue weighted by Crippen LogP contribution is -2.38. The molecule has 1 fully saturated rings. The van der Waals surface area contributed by atoms with Gasteiger partial charge in [-0.15, -0.1) is 0 Å². The third kappa shape index (κ3) is 2.39. The van der Waals surface area contributed by atoms with Crippen molar-refractivity contribution in [2.75, 3.05) is 6.54 Å². The number of aliphatic hydroxyl groups is 1. The van der Waals surface area contributed by atoms with Crippen LogP contribution in [0.4, 0.5) is 0 Å². The number of aliphatic hydroxyl groups excluding tert-OH is 1. The molecule has 0 aromatic carbocycles. The number of nitrogens with zero attached hydrogens (tertiary/aromatic N) is 1. The molecule has 2 rings (SSSR count). The van der Waals surface area contributed by atoms with Gasteiger partial charge in [0.25, 0.3) is 5.91 Å². The number of carbonyl (C=O) groups is 1. The number of hydrogen-bond acceptors (Lipinski definition) is 2. The third-order valence-electron chi connectivity index (χ3n) is 2.97. The number of aryl methyl sites for hydroxylation is 1. The summed E-state index contributed by atoms with van der Waals surface area (Å²) in [6, 6.07) is 1.65. The third-order valence-corrected chi connectivity index (χ3v) is 3.17. The van der Waals surface area contributed by atoms with Gasteiger partial charge in [0.05, 0.1) is 11.1 Å². The van der Waals surface area contributed by atoms with Crippen molar-refractivity contribution in [2.24, 2.45) is 13.0 Å². The summed E-state index contributed by atoms with van der Waals surface area (Å²) in [5, 5.41) is 12.5. The van der Waals surface area contributed by atoms with Crippen LogP contribution in [0, 0.1) is 5.92 Å². The average molecular weight is 243 g/mol. The molecule has 2 N–H and O–H groups in total. The first-order valence-electron chi connectivity index (χ1n) is 5.34. The standard InChI is InChI=1S/C11H15ClN2O2/c1-14-6-8(12)4-10(14)11(16)13-5-7-2-9(15)3-7/h4,6-7,9,15H,2-3,5H2,1H3,(H,13,16). The Morgan fingerprint density at radius 1 is 1.69 bits per heavy atom. The summed E-state index contributed by atoms with van der Waals surface area (Å²) in [7, 11) is 1.79. The van der Waals surface area contributed by atoms with Crippen molar-refractivity contribution in [1.29, 1.82) is 0 Å². The van der Waals surface area contributed by atoms with E-state index in [4.69, 9.17) is 16.7 Å². The minimum absolute atomic E-state index is 0.115. The van der Waals surface area contributed by atoms with Crippen molar-refractivity contribution in [2.45, 2.75) is 18.9 Å². The van der Waals surface area contributed by atoms with E-state index in [0.29, 0.717) is 23.2 Å². The molecule has 0 spiro atoms. The Morgan fingerprint density at radius 2 is 2.38 bits per heavy atom. The first-order valence-corrected chi connectivity index (χ1v) is 5.72. The summed E-state index contributed by atoms with van der Waals surface area (Å²) >= 11 is 5.80. The molecule has 5 heteroatoms. The van der Waals surface area contributed by atoms with Gasteiger partial charge in [0.2, 0.25) is 0 Å². The first kappa shape index (κ1) is 11.5. The first-order chi connectivity index (χ1) is 7.56. The predicted octanol–water partition coefficient (Wildman–Crippen LogP) is 1.18. The highest BCUT2D eigenvalue weighted by Gasteiger charge is 2.27. The lowest BCUT2D eigenvalue weighted by atomic mass is 9.82. The van der Waals surface area contributed by atoms with Crippen molar-refractivity contribution in [1.82, 2.24) is 9.88 Å². The van der Waals surface area contributed by atoms with Crippen LogP contribution in [0.2, 0.25) is 5.02 Å². The normalized spacial score (nSPS) is 23.9. The summed E-state index contributed by atoms with van der Waals surface area (Å²) < 4.78 is 1.70. The van der Waals surface area contributed by atoms with Crippen LogP contribution in [-0.4, -0.2) is 28.2 Å². The Bertz CT molecular complexity index is 397. The minimum atomic E-state index is -0.175. The van der Waals surface area contributed by atoms with Gasteiger partial charge < -0.3 is 15.0 Å². The fraction of sp³-hybridized carbons (Fsp3) is 0.545. The molecule has 4 nitrogen and oxygen atoms in total. The molecule has 0 radical (unpaired) electrons. The summed E-state index contributed by atoms with van der Waals surface area (Å²) in [5.41, 5.74) is 0.560. The second-order valence-corrected chi connectivity index (χ2v) is 4.79. The predicted molar refractivity (Wildman–Crippen MR) is 61.5 cm³/mol. The Kier molecular flexibility index (Phi) is 3.21. The van der Waals surface area contributed by atoms with Crippen LogP contribution in [0.1, 0.15) is 23.3 Å². The van der Waals surface area contributed by atoms with Gasteiger partial charge in [-0.1, -0.05) is 11.6 Å². The van der Waals surface area contributed by atoms with E-state index in [1.54, 1.807) is 23.9 Å². The number of carbonyl (C=O) groups excluding carboxylic acids is 1. The fourth-order valence-electron chi connectivity index (χ4n) is 1.94. The van der Waals surface area contributed by atoms with Gasteiger partial charge in [0.15, 0.2) is 0 Å². The Labute approximate surface area is 99.2 Å². The maximum absolute atomic E-state index is 11.8. The number of nitrogens with one attached hydrogen (secondary N) is 1. The molecule has 16 heavy (non-hydrogen) atoms. The second kappa shape index (κ2) is 4.47. The highest BCUT2D eigenvalue weighted by molar-refractivity contribution is 6.31. The molecular formula is C11H15ClN2O2.